The Bertz CT molecular complexity index is 940. The average molecular weight is 455 g/mol. The molecule has 2 N–H and O–H groups in total. The first-order valence-electron chi connectivity index (χ1n) is 13.5. The van der Waals surface area contributed by atoms with E-state index in [-0.39, 0.29) is 33.2 Å². The summed E-state index contributed by atoms with van der Waals surface area (Å²) in [5, 5.41) is 21.3. The Morgan fingerprint density at radius 3 is 2.24 bits per heavy atom. The molecule has 0 unspecified atom stereocenters. The van der Waals surface area contributed by atoms with Crippen molar-refractivity contribution in [2.24, 2.45) is 44.3 Å². The number of rotatable bonds is 1. The van der Waals surface area contributed by atoms with E-state index in [2.05, 4.69) is 60.6 Å². The predicted octanol–water partition coefficient (Wildman–Crippen LogP) is 7.15. The maximum atomic E-state index is 12.7. The predicted molar refractivity (Wildman–Crippen MR) is 133 cm³/mol. The van der Waals surface area contributed by atoms with E-state index in [0.29, 0.717) is 11.8 Å². The van der Waals surface area contributed by atoms with E-state index in [0.717, 1.165) is 57.8 Å². The minimum Gasteiger partial charge on any atom is -0.481 e. The second kappa shape index (κ2) is 6.77. The van der Waals surface area contributed by atoms with Crippen LogP contribution in [0.4, 0.5) is 0 Å². The second-order valence-corrected chi connectivity index (χ2v) is 14.7. The van der Waals surface area contributed by atoms with Gasteiger partial charge in [-0.1, -0.05) is 60.6 Å². The van der Waals surface area contributed by atoms with Crippen LogP contribution in [-0.2, 0) is 4.79 Å². The smallest absolute Gasteiger partial charge is 0.313 e. The molecule has 0 aliphatic heterocycles. The SMILES string of the molecule is CC1(C)CC[C@]2(C(=O)O)CC[C@]3(C)C(=C2C1)C=C[C@@H]1[C@@]2(C)CC[C@@H](O)C(C)(C)[C@@H]2CC[C@]13C. The molecule has 0 saturated heterocycles. The fourth-order valence-electron chi connectivity index (χ4n) is 9.94. The first kappa shape index (κ1) is 23.6. The van der Waals surface area contributed by atoms with Crippen LogP contribution in [0.3, 0.4) is 0 Å². The first-order chi connectivity index (χ1) is 15.1. The van der Waals surface area contributed by atoms with E-state index >= 15 is 0 Å². The summed E-state index contributed by atoms with van der Waals surface area (Å²) in [5.74, 6) is 0.394. The molecule has 33 heavy (non-hydrogen) atoms. The van der Waals surface area contributed by atoms with Gasteiger partial charge in [-0.05, 0) is 108 Å². The molecule has 0 spiro atoms. The summed E-state index contributed by atoms with van der Waals surface area (Å²) in [6.07, 6.45) is 13.4. The zero-order valence-corrected chi connectivity index (χ0v) is 22.1. The number of carboxylic acid groups (broad SMARTS) is 1. The normalized spacial score (nSPS) is 50.0. The number of hydrogen-bond acceptors (Lipinski definition) is 2. The van der Waals surface area contributed by atoms with Crippen LogP contribution in [0.1, 0.15) is 106 Å². The van der Waals surface area contributed by atoms with Gasteiger partial charge in [0.2, 0.25) is 0 Å². The van der Waals surface area contributed by atoms with Gasteiger partial charge >= 0.3 is 5.97 Å². The lowest BCUT2D eigenvalue weighted by Crippen LogP contribution is -2.63. The van der Waals surface area contributed by atoms with Crippen molar-refractivity contribution in [1.82, 2.24) is 0 Å². The average Bonchev–Trinajstić information content (AvgIpc) is 2.71. The highest BCUT2D eigenvalue weighted by molar-refractivity contribution is 5.80. The Labute approximate surface area is 201 Å². The summed E-state index contributed by atoms with van der Waals surface area (Å²) in [6.45, 7) is 16.7. The van der Waals surface area contributed by atoms with Gasteiger partial charge in [-0.3, -0.25) is 4.79 Å². The third-order valence-corrected chi connectivity index (χ3v) is 12.4. The third-order valence-electron chi connectivity index (χ3n) is 12.4. The van der Waals surface area contributed by atoms with Gasteiger partial charge in [0.25, 0.3) is 0 Å². The summed E-state index contributed by atoms with van der Waals surface area (Å²) in [7, 11) is 0. The zero-order chi connectivity index (χ0) is 24.2. The lowest BCUT2D eigenvalue weighted by atomic mass is 9.35. The second-order valence-electron chi connectivity index (χ2n) is 14.7. The van der Waals surface area contributed by atoms with Gasteiger partial charge < -0.3 is 10.2 Å². The van der Waals surface area contributed by atoms with Gasteiger partial charge in [0, 0.05) is 0 Å². The Morgan fingerprint density at radius 1 is 0.909 bits per heavy atom. The lowest BCUT2D eigenvalue weighted by Gasteiger charge is -2.69. The number of aliphatic hydroxyl groups is 1. The van der Waals surface area contributed by atoms with Crippen molar-refractivity contribution in [3.8, 4) is 0 Å². The van der Waals surface area contributed by atoms with Crippen LogP contribution in [0.2, 0.25) is 0 Å². The molecule has 3 fully saturated rings. The summed E-state index contributed by atoms with van der Waals surface area (Å²) < 4.78 is 0. The van der Waals surface area contributed by atoms with Gasteiger partial charge in [-0.15, -0.1) is 0 Å². The molecule has 184 valence electrons. The van der Waals surface area contributed by atoms with Crippen LogP contribution < -0.4 is 0 Å². The zero-order valence-electron chi connectivity index (χ0n) is 22.1. The standard InChI is InChI=1S/C30H46O3/c1-25(2)14-16-30(24(32)33)17-15-28(6)19(20(30)18-25)8-9-22-27(5)12-11-23(31)26(3,4)21(27)10-13-29(22,28)7/h8-9,21-23,31H,10-18H2,1-7H3,(H,32,33)/t21-,22+,23+,27-,28+,29+,30-/m0/s1. The van der Waals surface area contributed by atoms with Gasteiger partial charge in [-0.25, -0.2) is 0 Å². The molecule has 5 aliphatic carbocycles. The van der Waals surface area contributed by atoms with E-state index in [4.69, 9.17) is 0 Å². The van der Waals surface area contributed by atoms with Crippen molar-refractivity contribution in [2.75, 3.05) is 0 Å². The number of carboxylic acids is 1. The number of carbonyl (C=O) groups is 1. The van der Waals surface area contributed by atoms with Crippen molar-refractivity contribution in [2.45, 2.75) is 112 Å². The monoisotopic (exact) mass is 454 g/mol. The van der Waals surface area contributed by atoms with Gasteiger partial charge in [-0.2, -0.15) is 0 Å². The molecule has 0 aromatic rings. The minimum atomic E-state index is -0.657. The third kappa shape index (κ3) is 2.81. The van der Waals surface area contributed by atoms with Crippen LogP contribution in [0, 0.1) is 44.3 Å². The Balaban J connectivity index is 1.68. The molecule has 0 amide bonds. The van der Waals surface area contributed by atoms with E-state index in [1.54, 1.807) is 0 Å². The van der Waals surface area contributed by atoms with Gasteiger partial charge in [0.15, 0.2) is 0 Å². The molecular weight excluding hydrogens is 408 g/mol. The molecule has 0 aromatic heterocycles. The Hall–Kier alpha value is -1.09. The van der Waals surface area contributed by atoms with Crippen LogP contribution in [-0.4, -0.2) is 22.3 Å². The number of hydrogen-bond donors (Lipinski definition) is 2. The molecule has 0 radical (unpaired) electrons. The van der Waals surface area contributed by atoms with Crippen LogP contribution in [0.5, 0.6) is 0 Å². The van der Waals surface area contributed by atoms with Crippen molar-refractivity contribution < 1.29 is 15.0 Å². The summed E-state index contributed by atoms with van der Waals surface area (Å²) in [4.78, 5) is 12.7. The molecule has 5 rings (SSSR count). The van der Waals surface area contributed by atoms with Crippen molar-refractivity contribution in [3.63, 3.8) is 0 Å². The van der Waals surface area contributed by atoms with Gasteiger partial charge in [0.1, 0.15) is 0 Å². The summed E-state index contributed by atoms with van der Waals surface area (Å²) in [6, 6.07) is 0. The number of fused-ring (bicyclic) bond motifs is 6. The van der Waals surface area contributed by atoms with Gasteiger partial charge in [0.05, 0.1) is 11.5 Å². The fourth-order valence-corrected chi connectivity index (χ4v) is 9.94. The van der Waals surface area contributed by atoms with Crippen LogP contribution >= 0.6 is 0 Å². The maximum Gasteiger partial charge on any atom is 0.313 e. The summed E-state index contributed by atoms with van der Waals surface area (Å²) in [5.41, 5.74) is 2.40. The van der Waals surface area contributed by atoms with Crippen molar-refractivity contribution >= 4 is 5.97 Å². The molecule has 7 atom stereocenters. The Kier molecular flexibility index (Phi) is 4.85. The highest BCUT2D eigenvalue weighted by Crippen LogP contribution is 2.74. The van der Waals surface area contributed by atoms with Crippen LogP contribution in [0.25, 0.3) is 0 Å². The molecule has 0 bridgehead atoms. The number of allylic oxidation sites excluding steroid dienone is 3. The van der Waals surface area contributed by atoms with Crippen molar-refractivity contribution in [1.29, 1.82) is 0 Å². The van der Waals surface area contributed by atoms with Crippen molar-refractivity contribution in [3.05, 3.63) is 23.3 Å². The van der Waals surface area contributed by atoms with E-state index in [1.807, 2.05) is 0 Å². The molecular formula is C30H46O3. The molecule has 3 nitrogen and oxygen atoms in total. The first-order valence-corrected chi connectivity index (χ1v) is 13.5. The van der Waals surface area contributed by atoms with E-state index < -0.39 is 11.4 Å². The highest BCUT2D eigenvalue weighted by Gasteiger charge is 2.67. The lowest BCUT2D eigenvalue weighted by molar-refractivity contribution is -0.183. The summed E-state index contributed by atoms with van der Waals surface area (Å²) >= 11 is 0. The fraction of sp³-hybridized carbons (Fsp3) is 0.833. The molecule has 5 aliphatic rings. The molecule has 0 heterocycles. The number of aliphatic carboxylic acids is 1. The number of aliphatic hydroxyl groups excluding tert-OH is 1. The maximum absolute atomic E-state index is 12.7. The molecule has 3 saturated carbocycles. The quantitative estimate of drug-likeness (QED) is 0.442. The van der Waals surface area contributed by atoms with E-state index in [9.17, 15) is 15.0 Å². The van der Waals surface area contributed by atoms with E-state index in [1.165, 1.54) is 11.1 Å². The largest absolute Gasteiger partial charge is 0.481 e. The molecule has 3 heteroatoms. The topological polar surface area (TPSA) is 57.5 Å². The van der Waals surface area contributed by atoms with Crippen LogP contribution in [0.15, 0.2) is 23.3 Å². The molecule has 0 aromatic carbocycles. The highest BCUT2D eigenvalue weighted by atomic mass is 16.4. The minimum absolute atomic E-state index is 0.0162. The Morgan fingerprint density at radius 2 is 1.58 bits per heavy atom.